The quantitative estimate of drug-likeness (QED) is 0.673. The first-order chi connectivity index (χ1) is 10.3. The van der Waals surface area contributed by atoms with Crippen LogP contribution in [0.4, 0.5) is 0 Å². The van der Waals surface area contributed by atoms with Crippen molar-refractivity contribution >= 4 is 5.91 Å². The zero-order valence-electron chi connectivity index (χ0n) is 13.3. The summed E-state index contributed by atoms with van der Waals surface area (Å²) in [7, 11) is 0. The fraction of sp³-hybridized carbons (Fsp3) is 0.938. The minimum atomic E-state index is 0.287. The van der Waals surface area contributed by atoms with Gasteiger partial charge in [-0.15, -0.1) is 0 Å². The minimum absolute atomic E-state index is 0.287. The summed E-state index contributed by atoms with van der Waals surface area (Å²) in [6.45, 7) is 8.61. The van der Waals surface area contributed by atoms with Crippen molar-refractivity contribution in [3.8, 4) is 0 Å². The van der Waals surface area contributed by atoms with Crippen molar-refractivity contribution in [2.45, 2.75) is 38.5 Å². The second-order valence-corrected chi connectivity index (χ2v) is 6.31. The van der Waals surface area contributed by atoms with Crippen molar-refractivity contribution in [2.24, 2.45) is 0 Å². The van der Waals surface area contributed by atoms with Crippen LogP contribution < -0.4 is 0 Å². The highest BCUT2D eigenvalue weighted by molar-refractivity contribution is 5.76. The largest absolute Gasteiger partial charge is 0.396 e. The van der Waals surface area contributed by atoms with Gasteiger partial charge in [0.2, 0.25) is 5.91 Å². The Bertz CT molecular complexity index is 298. The van der Waals surface area contributed by atoms with E-state index in [0.717, 1.165) is 58.5 Å². The first kappa shape index (κ1) is 16.7. The van der Waals surface area contributed by atoms with Crippen molar-refractivity contribution in [2.75, 3.05) is 59.0 Å². The van der Waals surface area contributed by atoms with E-state index in [-0.39, 0.29) is 6.61 Å². The van der Waals surface area contributed by atoms with Crippen molar-refractivity contribution < 1.29 is 9.90 Å². The van der Waals surface area contributed by atoms with E-state index in [4.69, 9.17) is 5.11 Å². The van der Waals surface area contributed by atoms with Gasteiger partial charge in [0, 0.05) is 39.2 Å². The van der Waals surface area contributed by atoms with Gasteiger partial charge in [-0.25, -0.2) is 0 Å². The van der Waals surface area contributed by atoms with E-state index in [0.29, 0.717) is 12.3 Å². The molecule has 1 amide bonds. The molecule has 122 valence electrons. The molecule has 1 N–H and O–H groups in total. The summed E-state index contributed by atoms with van der Waals surface area (Å²) in [6.07, 6.45) is 6.31. The molecule has 0 aromatic rings. The van der Waals surface area contributed by atoms with E-state index in [2.05, 4.69) is 9.80 Å². The maximum absolute atomic E-state index is 12.2. The van der Waals surface area contributed by atoms with Gasteiger partial charge in [-0.05, 0) is 58.3 Å². The number of hydrogen-bond donors (Lipinski definition) is 1. The monoisotopic (exact) mass is 297 g/mol. The fourth-order valence-electron chi connectivity index (χ4n) is 3.29. The van der Waals surface area contributed by atoms with E-state index >= 15 is 0 Å². The molecule has 5 heteroatoms. The molecular formula is C16H31N3O2. The number of aliphatic hydroxyl groups is 1. The molecule has 2 heterocycles. The molecule has 0 aromatic heterocycles. The molecule has 0 spiro atoms. The number of carbonyl (C=O) groups excluding carboxylic acids is 1. The van der Waals surface area contributed by atoms with E-state index in [1.807, 2.05) is 4.90 Å². The Kier molecular flexibility index (Phi) is 7.47. The number of carbonyl (C=O) groups is 1. The van der Waals surface area contributed by atoms with Gasteiger partial charge in [-0.2, -0.15) is 0 Å². The number of aliphatic hydroxyl groups excluding tert-OH is 1. The van der Waals surface area contributed by atoms with E-state index < -0.39 is 0 Å². The average molecular weight is 297 g/mol. The fourth-order valence-corrected chi connectivity index (χ4v) is 3.29. The van der Waals surface area contributed by atoms with Gasteiger partial charge in [0.15, 0.2) is 0 Å². The lowest BCUT2D eigenvalue weighted by Gasteiger charge is -2.34. The van der Waals surface area contributed by atoms with Crippen LogP contribution in [-0.2, 0) is 4.79 Å². The topological polar surface area (TPSA) is 47.0 Å². The first-order valence-corrected chi connectivity index (χ1v) is 8.63. The number of amides is 1. The maximum atomic E-state index is 12.2. The highest BCUT2D eigenvalue weighted by atomic mass is 16.2. The van der Waals surface area contributed by atoms with E-state index in [1.54, 1.807) is 0 Å². The summed E-state index contributed by atoms with van der Waals surface area (Å²) in [6, 6.07) is 0. The first-order valence-electron chi connectivity index (χ1n) is 8.63. The SMILES string of the molecule is O=C(CCCN1CCCC1)N1CCN(CCCCO)CC1. The average Bonchev–Trinajstić information content (AvgIpc) is 3.01. The second kappa shape index (κ2) is 9.38. The molecule has 0 aromatic carbocycles. The molecule has 0 saturated carbocycles. The Balaban J connectivity index is 1.54. The molecule has 0 aliphatic carbocycles. The van der Waals surface area contributed by atoms with Gasteiger partial charge < -0.3 is 14.9 Å². The third kappa shape index (κ3) is 5.93. The highest BCUT2D eigenvalue weighted by Gasteiger charge is 2.20. The molecule has 2 saturated heterocycles. The standard InChI is InChI=1S/C16H31N3O2/c20-15-4-3-9-18-11-13-19(14-12-18)16(21)6-5-10-17-7-1-2-8-17/h20H,1-15H2. The second-order valence-electron chi connectivity index (χ2n) is 6.31. The van der Waals surface area contributed by atoms with Gasteiger partial charge in [0.05, 0.1) is 0 Å². The van der Waals surface area contributed by atoms with Crippen LogP contribution >= 0.6 is 0 Å². The van der Waals surface area contributed by atoms with Crippen LogP contribution in [0.1, 0.15) is 38.5 Å². The number of unbranched alkanes of at least 4 members (excludes halogenated alkanes) is 1. The Morgan fingerprint density at radius 3 is 2.10 bits per heavy atom. The lowest BCUT2D eigenvalue weighted by Crippen LogP contribution is -2.48. The maximum Gasteiger partial charge on any atom is 0.222 e. The van der Waals surface area contributed by atoms with Crippen LogP contribution in [0, 0.1) is 0 Å². The van der Waals surface area contributed by atoms with Crippen LogP contribution in [0.5, 0.6) is 0 Å². The molecule has 2 fully saturated rings. The molecule has 0 bridgehead atoms. The Labute approximate surface area is 128 Å². The van der Waals surface area contributed by atoms with Crippen LogP contribution in [0.25, 0.3) is 0 Å². The lowest BCUT2D eigenvalue weighted by atomic mass is 10.2. The third-order valence-corrected chi connectivity index (χ3v) is 4.67. The van der Waals surface area contributed by atoms with Crippen LogP contribution in [0.2, 0.25) is 0 Å². The van der Waals surface area contributed by atoms with Gasteiger partial charge in [0.25, 0.3) is 0 Å². The Morgan fingerprint density at radius 2 is 1.43 bits per heavy atom. The van der Waals surface area contributed by atoms with Crippen LogP contribution in [0.15, 0.2) is 0 Å². The lowest BCUT2D eigenvalue weighted by molar-refractivity contribution is -0.133. The Hall–Kier alpha value is -0.650. The molecule has 2 aliphatic heterocycles. The minimum Gasteiger partial charge on any atom is -0.396 e. The predicted octanol–water partition coefficient (Wildman–Crippen LogP) is 0.779. The summed E-state index contributed by atoms with van der Waals surface area (Å²) >= 11 is 0. The molecule has 21 heavy (non-hydrogen) atoms. The normalized spacial score (nSPS) is 21.1. The number of rotatable bonds is 8. The van der Waals surface area contributed by atoms with Crippen LogP contribution in [-0.4, -0.2) is 84.7 Å². The van der Waals surface area contributed by atoms with Gasteiger partial charge in [-0.1, -0.05) is 0 Å². The Morgan fingerprint density at radius 1 is 0.810 bits per heavy atom. The zero-order valence-corrected chi connectivity index (χ0v) is 13.3. The number of nitrogens with zero attached hydrogens (tertiary/aromatic N) is 3. The van der Waals surface area contributed by atoms with Crippen molar-refractivity contribution in [1.29, 1.82) is 0 Å². The molecule has 0 atom stereocenters. The molecule has 2 rings (SSSR count). The molecule has 2 aliphatic rings. The van der Waals surface area contributed by atoms with Crippen molar-refractivity contribution in [3.05, 3.63) is 0 Å². The molecule has 0 unspecified atom stereocenters. The smallest absolute Gasteiger partial charge is 0.222 e. The van der Waals surface area contributed by atoms with Gasteiger partial charge >= 0.3 is 0 Å². The number of likely N-dealkylation sites (tertiary alicyclic amines) is 1. The van der Waals surface area contributed by atoms with Crippen molar-refractivity contribution in [3.63, 3.8) is 0 Å². The van der Waals surface area contributed by atoms with Crippen LogP contribution in [0.3, 0.4) is 0 Å². The summed E-state index contributed by atoms with van der Waals surface area (Å²) in [5, 5.41) is 8.80. The summed E-state index contributed by atoms with van der Waals surface area (Å²) < 4.78 is 0. The van der Waals surface area contributed by atoms with Crippen molar-refractivity contribution in [1.82, 2.24) is 14.7 Å². The summed E-state index contributed by atoms with van der Waals surface area (Å²) in [5.41, 5.74) is 0. The van der Waals surface area contributed by atoms with E-state index in [1.165, 1.54) is 25.9 Å². The summed E-state index contributed by atoms with van der Waals surface area (Å²) in [5.74, 6) is 0.337. The predicted molar refractivity (Wildman–Crippen MR) is 84.2 cm³/mol. The zero-order chi connectivity index (χ0) is 14.9. The van der Waals surface area contributed by atoms with Gasteiger partial charge in [-0.3, -0.25) is 9.69 Å². The van der Waals surface area contributed by atoms with Gasteiger partial charge in [0.1, 0.15) is 0 Å². The third-order valence-electron chi connectivity index (χ3n) is 4.67. The van der Waals surface area contributed by atoms with E-state index in [9.17, 15) is 4.79 Å². The number of hydrogen-bond acceptors (Lipinski definition) is 4. The molecule has 0 radical (unpaired) electrons. The molecule has 5 nitrogen and oxygen atoms in total. The summed E-state index contributed by atoms with van der Waals surface area (Å²) in [4.78, 5) is 19.1. The highest BCUT2D eigenvalue weighted by Crippen LogP contribution is 2.10. The number of piperazine rings is 1. The molecular weight excluding hydrogens is 266 g/mol.